The molecular weight excluding hydrogens is 268 g/mol. The van der Waals surface area contributed by atoms with E-state index in [0.29, 0.717) is 11.3 Å². The van der Waals surface area contributed by atoms with Crippen LogP contribution in [-0.4, -0.2) is 26.1 Å². The third-order valence-corrected chi connectivity index (χ3v) is 4.06. The Morgan fingerprint density at radius 2 is 1.89 bits per heavy atom. The number of hydrogen-bond acceptors (Lipinski definition) is 5. The van der Waals surface area contributed by atoms with E-state index in [4.69, 9.17) is 8.92 Å². The molecule has 0 spiro atoms. The van der Waals surface area contributed by atoms with Crippen LogP contribution in [0.5, 0.6) is 11.5 Å². The molecule has 0 fully saturated rings. The first-order valence-corrected chi connectivity index (χ1v) is 7.74. The molecule has 0 bridgehead atoms. The molecule has 0 saturated carbocycles. The molecule has 1 unspecified atom stereocenters. The van der Waals surface area contributed by atoms with E-state index < -0.39 is 21.8 Å². The quantitative estimate of drug-likeness (QED) is 0.837. The van der Waals surface area contributed by atoms with E-state index in [2.05, 4.69) is 0 Å². The summed E-state index contributed by atoms with van der Waals surface area (Å²) in [4.78, 5) is 0. The SMILES string of the molecule is Cc1c(OS(C)(=O)=O)cc2c(c1C)OC(O)C2(C)C. The van der Waals surface area contributed by atoms with Crippen LogP contribution in [-0.2, 0) is 15.5 Å². The zero-order valence-corrected chi connectivity index (χ0v) is 12.5. The van der Waals surface area contributed by atoms with Crippen LogP contribution in [0.15, 0.2) is 6.07 Å². The zero-order valence-electron chi connectivity index (χ0n) is 11.6. The van der Waals surface area contributed by atoms with Gasteiger partial charge in [-0.05, 0) is 44.9 Å². The predicted octanol–water partition coefficient (Wildman–Crippen LogP) is 1.63. The highest BCUT2D eigenvalue weighted by Gasteiger charge is 2.42. The van der Waals surface area contributed by atoms with Crippen LogP contribution in [0.3, 0.4) is 0 Å². The molecule has 5 nitrogen and oxygen atoms in total. The van der Waals surface area contributed by atoms with Gasteiger partial charge >= 0.3 is 10.1 Å². The van der Waals surface area contributed by atoms with Crippen LogP contribution in [0.4, 0.5) is 0 Å². The van der Waals surface area contributed by atoms with Crippen LogP contribution in [0.2, 0.25) is 0 Å². The van der Waals surface area contributed by atoms with E-state index >= 15 is 0 Å². The van der Waals surface area contributed by atoms with Crippen LogP contribution in [0.1, 0.15) is 30.5 Å². The van der Waals surface area contributed by atoms with Crippen molar-refractivity contribution in [3.05, 3.63) is 22.8 Å². The average molecular weight is 286 g/mol. The highest BCUT2D eigenvalue weighted by atomic mass is 32.2. The molecule has 1 heterocycles. The maximum Gasteiger partial charge on any atom is 0.306 e. The fourth-order valence-corrected chi connectivity index (χ4v) is 2.63. The van der Waals surface area contributed by atoms with Crippen LogP contribution in [0.25, 0.3) is 0 Å². The smallest absolute Gasteiger partial charge is 0.306 e. The molecule has 2 rings (SSSR count). The second kappa shape index (κ2) is 4.11. The predicted molar refractivity (Wildman–Crippen MR) is 71.0 cm³/mol. The standard InChI is InChI=1S/C13H18O5S/c1-7-8(2)11-9(13(3,4)12(14)17-11)6-10(7)18-19(5,15)16/h6,12,14H,1-5H3. The Bertz CT molecular complexity index is 631. The summed E-state index contributed by atoms with van der Waals surface area (Å²) < 4.78 is 33.0. The van der Waals surface area contributed by atoms with Crippen molar-refractivity contribution in [3.63, 3.8) is 0 Å². The van der Waals surface area contributed by atoms with E-state index in [0.717, 1.165) is 17.4 Å². The van der Waals surface area contributed by atoms with Crippen molar-refractivity contribution in [1.29, 1.82) is 0 Å². The molecule has 0 aromatic heterocycles. The van der Waals surface area contributed by atoms with E-state index in [9.17, 15) is 13.5 Å². The van der Waals surface area contributed by atoms with Crippen molar-refractivity contribution >= 4 is 10.1 Å². The highest BCUT2D eigenvalue weighted by molar-refractivity contribution is 7.86. The van der Waals surface area contributed by atoms with Gasteiger partial charge in [-0.25, -0.2) is 0 Å². The van der Waals surface area contributed by atoms with Gasteiger partial charge < -0.3 is 14.0 Å². The van der Waals surface area contributed by atoms with Crippen molar-refractivity contribution in [2.75, 3.05) is 6.26 Å². The van der Waals surface area contributed by atoms with E-state index in [1.165, 1.54) is 0 Å². The maximum atomic E-state index is 11.3. The number of aliphatic hydroxyl groups is 1. The Hall–Kier alpha value is -1.27. The summed E-state index contributed by atoms with van der Waals surface area (Å²) in [6, 6.07) is 1.63. The first-order chi connectivity index (χ1) is 8.54. The highest BCUT2D eigenvalue weighted by Crippen LogP contribution is 2.47. The Labute approximate surface area is 113 Å². The van der Waals surface area contributed by atoms with Crippen molar-refractivity contribution < 1.29 is 22.4 Å². The molecule has 1 aliphatic heterocycles. The lowest BCUT2D eigenvalue weighted by Gasteiger charge is -2.21. The van der Waals surface area contributed by atoms with Crippen LogP contribution < -0.4 is 8.92 Å². The molecule has 6 heteroatoms. The molecule has 106 valence electrons. The van der Waals surface area contributed by atoms with E-state index in [-0.39, 0.29) is 5.75 Å². The zero-order chi connectivity index (χ0) is 14.6. The Morgan fingerprint density at radius 1 is 1.32 bits per heavy atom. The Morgan fingerprint density at radius 3 is 2.42 bits per heavy atom. The fourth-order valence-electron chi connectivity index (χ4n) is 2.13. The normalized spacial score (nSPS) is 20.8. The average Bonchev–Trinajstić information content (AvgIpc) is 2.47. The first-order valence-electron chi connectivity index (χ1n) is 5.93. The number of fused-ring (bicyclic) bond motifs is 1. The molecule has 1 aromatic carbocycles. The number of benzene rings is 1. The third kappa shape index (κ3) is 2.30. The lowest BCUT2D eigenvalue weighted by atomic mass is 9.84. The summed E-state index contributed by atoms with van der Waals surface area (Å²) in [5, 5.41) is 9.94. The minimum atomic E-state index is -3.59. The fraction of sp³-hybridized carbons (Fsp3) is 0.538. The number of hydrogen-bond donors (Lipinski definition) is 1. The molecule has 1 aromatic rings. The summed E-state index contributed by atoms with van der Waals surface area (Å²) in [5.41, 5.74) is 1.61. The Balaban J connectivity index is 2.64. The number of ether oxygens (including phenoxy) is 1. The molecule has 19 heavy (non-hydrogen) atoms. The summed E-state index contributed by atoms with van der Waals surface area (Å²) in [7, 11) is -3.59. The molecule has 1 N–H and O–H groups in total. The topological polar surface area (TPSA) is 72.8 Å². The second-order valence-electron chi connectivity index (χ2n) is 5.48. The molecule has 1 atom stereocenters. The lowest BCUT2D eigenvalue weighted by Crippen LogP contribution is -2.31. The van der Waals surface area contributed by atoms with Crippen molar-refractivity contribution in [2.24, 2.45) is 0 Å². The largest absolute Gasteiger partial charge is 0.464 e. The van der Waals surface area contributed by atoms with Gasteiger partial charge in [0.05, 0.1) is 11.7 Å². The summed E-state index contributed by atoms with van der Waals surface area (Å²) in [6.45, 7) is 7.25. The summed E-state index contributed by atoms with van der Waals surface area (Å²) >= 11 is 0. The number of aliphatic hydroxyl groups excluding tert-OH is 1. The van der Waals surface area contributed by atoms with E-state index in [1.807, 2.05) is 20.8 Å². The lowest BCUT2D eigenvalue weighted by molar-refractivity contribution is -0.0453. The monoisotopic (exact) mass is 286 g/mol. The van der Waals surface area contributed by atoms with Crippen LogP contribution in [0, 0.1) is 13.8 Å². The van der Waals surface area contributed by atoms with Crippen molar-refractivity contribution in [3.8, 4) is 11.5 Å². The minimum Gasteiger partial charge on any atom is -0.464 e. The van der Waals surface area contributed by atoms with Gasteiger partial charge in [-0.1, -0.05) is 0 Å². The molecule has 0 amide bonds. The molecular formula is C13H18O5S. The summed E-state index contributed by atoms with van der Waals surface area (Å²) in [6.07, 6.45) is 0.0555. The number of rotatable bonds is 2. The molecule has 0 saturated heterocycles. The minimum absolute atomic E-state index is 0.282. The van der Waals surface area contributed by atoms with Gasteiger partial charge in [-0.15, -0.1) is 0 Å². The van der Waals surface area contributed by atoms with Crippen molar-refractivity contribution in [1.82, 2.24) is 0 Å². The van der Waals surface area contributed by atoms with Gasteiger partial charge in [0.2, 0.25) is 6.29 Å². The molecule has 0 radical (unpaired) electrons. The first kappa shape index (κ1) is 14.1. The van der Waals surface area contributed by atoms with Gasteiger partial charge in [-0.2, -0.15) is 8.42 Å². The van der Waals surface area contributed by atoms with Gasteiger partial charge in [0, 0.05) is 5.56 Å². The van der Waals surface area contributed by atoms with Gasteiger partial charge in [0.15, 0.2) is 0 Å². The van der Waals surface area contributed by atoms with E-state index in [1.54, 1.807) is 13.0 Å². The molecule has 1 aliphatic rings. The van der Waals surface area contributed by atoms with Gasteiger partial charge in [0.25, 0.3) is 0 Å². The van der Waals surface area contributed by atoms with Crippen molar-refractivity contribution in [2.45, 2.75) is 39.4 Å². The van der Waals surface area contributed by atoms with Gasteiger partial charge in [-0.3, -0.25) is 0 Å². The maximum absolute atomic E-state index is 11.3. The molecule has 0 aliphatic carbocycles. The third-order valence-electron chi connectivity index (χ3n) is 3.57. The van der Waals surface area contributed by atoms with Gasteiger partial charge in [0.1, 0.15) is 11.5 Å². The second-order valence-corrected chi connectivity index (χ2v) is 7.06. The summed E-state index contributed by atoms with van der Waals surface area (Å²) in [5.74, 6) is 0.889. The van der Waals surface area contributed by atoms with Crippen LogP contribution >= 0.6 is 0 Å². The Kier molecular flexibility index (Phi) is 3.06.